The molecule has 0 aromatic carbocycles. The van der Waals surface area contributed by atoms with Gasteiger partial charge in [-0.2, -0.15) is 0 Å². The van der Waals surface area contributed by atoms with Crippen LogP contribution in [0.4, 0.5) is 0 Å². The van der Waals surface area contributed by atoms with E-state index in [-0.39, 0.29) is 0 Å². The highest BCUT2D eigenvalue weighted by Crippen LogP contribution is 2.22. The Bertz CT molecular complexity index is 326. The molecule has 0 unspecified atom stereocenters. The summed E-state index contributed by atoms with van der Waals surface area (Å²) in [6.07, 6.45) is 2.39. The fraction of sp³-hybridized carbons (Fsp3) is 0.800. The second-order valence-corrected chi connectivity index (χ2v) is 5.52. The van der Waals surface area contributed by atoms with Crippen molar-refractivity contribution in [3.8, 4) is 0 Å². The van der Waals surface area contributed by atoms with Gasteiger partial charge in [-0.25, -0.2) is 0 Å². The molecule has 16 heavy (non-hydrogen) atoms. The number of methoxy groups -OCH3 is 1. The predicted octanol–water partition coefficient (Wildman–Crippen LogP) is 2.05. The zero-order valence-electron chi connectivity index (χ0n) is 9.36. The first-order valence-corrected chi connectivity index (χ1v) is 6.62. The molecule has 1 aliphatic rings. The largest absolute Gasteiger partial charge is 0.384 e. The lowest BCUT2D eigenvalue weighted by Crippen LogP contribution is -2.34. The molecule has 2 rings (SSSR count). The van der Waals surface area contributed by atoms with E-state index in [2.05, 4.69) is 14.5 Å². The Labute approximate surface area is 105 Å². The number of piperidine rings is 1. The topological polar surface area (TPSA) is 38.2 Å². The molecule has 0 spiro atoms. The van der Waals surface area contributed by atoms with Gasteiger partial charge in [0.2, 0.25) is 0 Å². The Morgan fingerprint density at radius 3 is 2.81 bits per heavy atom. The van der Waals surface area contributed by atoms with Crippen molar-refractivity contribution >= 4 is 23.1 Å². The van der Waals surface area contributed by atoms with E-state index < -0.39 is 0 Å². The van der Waals surface area contributed by atoms with E-state index in [0.29, 0.717) is 5.92 Å². The molecule has 90 valence electrons. The van der Waals surface area contributed by atoms with Gasteiger partial charge in [-0.05, 0) is 31.8 Å². The third kappa shape index (κ3) is 3.13. The standard InChI is InChI=1S/C10H16ClN3OS/c1-15-7-8-2-4-14(5-3-8)6-9-10(11)16-13-12-9/h8H,2-7H2,1H3. The van der Waals surface area contributed by atoms with Crippen molar-refractivity contribution in [1.29, 1.82) is 0 Å². The number of aromatic nitrogens is 2. The van der Waals surface area contributed by atoms with Gasteiger partial charge in [0, 0.05) is 31.8 Å². The highest BCUT2D eigenvalue weighted by atomic mass is 35.5. The minimum Gasteiger partial charge on any atom is -0.384 e. The molecule has 0 atom stereocenters. The highest BCUT2D eigenvalue weighted by Gasteiger charge is 2.20. The molecule has 1 aromatic rings. The van der Waals surface area contributed by atoms with Gasteiger partial charge >= 0.3 is 0 Å². The Morgan fingerprint density at radius 2 is 2.25 bits per heavy atom. The van der Waals surface area contributed by atoms with Gasteiger partial charge in [-0.1, -0.05) is 16.1 Å². The second kappa shape index (κ2) is 5.91. The van der Waals surface area contributed by atoms with Crippen LogP contribution in [-0.4, -0.2) is 41.3 Å². The van der Waals surface area contributed by atoms with Crippen LogP contribution in [0.2, 0.25) is 4.34 Å². The van der Waals surface area contributed by atoms with Gasteiger partial charge < -0.3 is 4.74 Å². The number of nitrogens with zero attached hydrogens (tertiary/aromatic N) is 3. The van der Waals surface area contributed by atoms with Crippen LogP contribution in [0.25, 0.3) is 0 Å². The van der Waals surface area contributed by atoms with Gasteiger partial charge in [-0.15, -0.1) is 5.10 Å². The zero-order valence-corrected chi connectivity index (χ0v) is 10.9. The molecule has 1 aliphatic heterocycles. The van der Waals surface area contributed by atoms with Crippen molar-refractivity contribution < 1.29 is 4.74 Å². The summed E-state index contributed by atoms with van der Waals surface area (Å²) in [5, 5.41) is 4.04. The molecule has 0 aliphatic carbocycles. The molecule has 1 fully saturated rings. The molecule has 4 nitrogen and oxygen atoms in total. The van der Waals surface area contributed by atoms with Gasteiger partial charge in [0.05, 0.1) is 0 Å². The predicted molar refractivity (Wildman–Crippen MR) is 64.8 cm³/mol. The van der Waals surface area contributed by atoms with Gasteiger partial charge in [-0.3, -0.25) is 4.90 Å². The molecule has 1 aromatic heterocycles. The highest BCUT2D eigenvalue weighted by molar-refractivity contribution is 7.10. The van der Waals surface area contributed by atoms with Crippen LogP contribution in [0.3, 0.4) is 0 Å². The Hall–Kier alpha value is -0.230. The monoisotopic (exact) mass is 261 g/mol. The maximum absolute atomic E-state index is 5.98. The first-order valence-electron chi connectivity index (χ1n) is 5.47. The summed E-state index contributed by atoms with van der Waals surface area (Å²) in [4.78, 5) is 2.38. The van der Waals surface area contributed by atoms with E-state index in [1.807, 2.05) is 0 Å². The van der Waals surface area contributed by atoms with Crippen LogP contribution < -0.4 is 0 Å². The number of likely N-dealkylation sites (tertiary alicyclic amines) is 1. The maximum Gasteiger partial charge on any atom is 0.138 e. The molecule has 0 N–H and O–H groups in total. The third-order valence-corrected chi connectivity index (χ3v) is 3.98. The summed E-state index contributed by atoms with van der Waals surface area (Å²) >= 11 is 7.24. The molecule has 0 bridgehead atoms. The van der Waals surface area contributed by atoms with Crippen molar-refractivity contribution in [2.24, 2.45) is 5.92 Å². The fourth-order valence-corrected chi connectivity index (χ4v) is 2.66. The molecular weight excluding hydrogens is 246 g/mol. The number of hydrogen-bond acceptors (Lipinski definition) is 5. The normalized spacial score (nSPS) is 19.1. The average Bonchev–Trinajstić information content (AvgIpc) is 2.68. The summed E-state index contributed by atoms with van der Waals surface area (Å²) in [6.45, 7) is 3.91. The summed E-state index contributed by atoms with van der Waals surface area (Å²) in [7, 11) is 1.77. The summed E-state index contributed by atoms with van der Waals surface area (Å²) in [6, 6.07) is 0. The summed E-state index contributed by atoms with van der Waals surface area (Å²) in [5.41, 5.74) is 0.914. The van der Waals surface area contributed by atoms with E-state index in [1.54, 1.807) is 7.11 Å². The van der Waals surface area contributed by atoms with Crippen LogP contribution in [0, 0.1) is 5.92 Å². The molecule has 6 heteroatoms. The minimum absolute atomic E-state index is 0.713. The molecule has 1 saturated heterocycles. The first kappa shape index (κ1) is 12.2. The van der Waals surface area contributed by atoms with Crippen molar-refractivity contribution in [2.75, 3.05) is 26.8 Å². The summed E-state index contributed by atoms with van der Waals surface area (Å²) in [5.74, 6) is 0.713. The number of halogens is 1. The Balaban J connectivity index is 1.79. The van der Waals surface area contributed by atoms with Crippen molar-refractivity contribution in [2.45, 2.75) is 19.4 Å². The quantitative estimate of drug-likeness (QED) is 0.832. The van der Waals surface area contributed by atoms with Crippen LogP contribution in [0.15, 0.2) is 0 Å². The number of rotatable bonds is 4. The van der Waals surface area contributed by atoms with E-state index in [9.17, 15) is 0 Å². The van der Waals surface area contributed by atoms with Gasteiger partial charge in [0.1, 0.15) is 10.0 Å². The molecular formula is C10H16ClN3OS. The van der Waals surface area contributed by atoms with Gasteiger partial charge in [0.25, 0.3) is 0 Å². The van der Waals surface area contributed by atoms with E-state index in [0.717, 1.165) is 36.3 Å². The first-order chi connectivity index (χ1) is 7.79. The Kier molecular flexibility index (Phi) is 4.52. The van der Waals surface area contributed by atoms with Crippen molar-refractivity contribution in [1.82, 2.24) is 14.5 Å². The molecule has 0 radical (unpaired) electrons. The van der Waals surface area contributed by atoms with Crippen LogP contribution in [-0.2, 0) is 11.3 Å². The zero-order chi connectivity index (χ0) is 11.4. The van der Waals surface area contributed by atoms with Crippen molar-refractivity contribution in [3.05, 3.63) is 10.0 Å². The second-order valence-electron chi connectivity index (χ2n) is 4.17. The van der Waals surface area contributed by atoms with Crippen LogP contribution >= 0.6 is 23.1 Å². The van der Waals surface area contributed by atoms with Crippen LogP contribution in [0.5, 0.6) is 0 Å². The fourth-order valence-electron chi connectivity index (χ4n) is 2.05. The van der Waals surface area contributed by atoms with E-state index >= 15 is 0 Å². The number of hydrogen-bond donors (Lipinski definition) is 0. The summed E-state index contributed by atoms with van der Waals surface area (Å²) < 4.78 is 9.75. The molecule has 0 saturated carbocycles. The maximum atomic E-state index is 5.98. The lowest BCUT2D eigenvalue weighted by Gasteiger charge is -2.30. The number of ether oxygens (including phenoxy) is 1. The van der Waals surface area contributed by atoms with Crippen LogP contribution in [0.1, 0.15) is 18.5 Å². The molecule has 0 amide bonds. The SMILES string of the molecule is COCC1CCN(Cc2nnsc2Cl)CC1. The van der Waals surface area contributed by atoms with E-state index in [4.69, 9.17) is 16.3 Å². The van der Waals surface area contributed by atoms with Gasteiger partial charge in [0.15, 0.2) is 0 Å². The van der Waals surface area contributed by atoms with Crippen molar-refractivity contribution in [3.63, 3.8) is 0 Å². The minimum atomic E-state index is 0.713. The lowest BCUT2D eigenvalue weighted by atomic mass is 9.98. The smallest absolute Gasteiger partial charge is 0.138 e. The average molecular weight is 262 g/mol. The Morgan fingerprint density at radius 1 is 1.50 bits per heavy atom. The third-order valence-electron chi connectivity index (χ3n) is 2.99. The molecule has 2 heterocycles. The van der Waals surface area contributed by atoms with E-state index in [1.165, 1.54) is 24.4 Å². The lowest BCUT2D eigenvalue weighted by molar-refractivity contribution is 0.0963.